The molecule has 0 fully saturated rings. The lowest BCUT2D eigenvalue weighted by molar-refractivity contribution is -0.139. The third kappa shape index (κ3) is 2.30. The molecular formula is C18H15N3O2. The molecule has 1 atom stereocenters. The van der Waals surface area contributed by atoms with Gasteiger partial charge in [0.2, 0.25) is 0 Å². The van der Waals surface area contributed by atoms with Gasteiger partial charge in [-0.25, -0.2) is 4.98 Å². The second kappa shape index (κ2) is 5.35. The van der Waals surface area contributed by atoms with Crippen LogP contribution >= 0.6 is 0 Å². The molecule has 3 aromatic rings. The van der Waals surface area contributed by atoms with Crippen LogP contribution in [-0.4, -0.2) is 20.7 Å². The van der Waals surface area contributed by atoms with Gasteiger partial charge in [-0.3, -0.25) is 9.48 Å². The Kier molecular flexibility index (Phi) is 3.19. The van der Waals surface area contributed by atoms with Crippen molar-refractivity contribution in [3.8, 4) is 5.75 Å². The zero-order valence-electron chi connectivity index (χ0n) is 12.4. The van der Waals surface area contributed by atoms with E-state index in [1.807, 2.05) is 54.6 Å². The number of carbonyl (C=O) groups excluding carboxylic acids is 1. The van der Waals surface area contributed by atoms with Crippen LogP contribution in [0.2, 0.25) is 0 Å². The van der Waals surface area contributed by atoms with Gasteiger partial charge in [0.25, 0.3) is 0 Å². The number of fused-ring (bicyclic) bond motifs is 1. The summed E-state index contributed by atoms with van der Waals surface area (Å²) in [6, 6.07) is 17.6. The van der Waals surface area contributed by atoms with E-state index in [0.717, 1.165) is 11.1 Å². The van der Waals surface area contributed by atoms with E-state index in [0.29, 0.717) is 18.7 Å². The zero-order chi connectivity index (χ0) is 15.7. The molecule has 1 aliphatic rings. The van der Waals surface area contributed by atoms with Crippen molar-refractivity contribution in [3.05, 3.63) is 78.4 Å². The van der Waals surface area contributed by atoms with Gasteiger partial charge in [0.15, 0.2) is 0 Å². The second-order valence-corrected chi connectivity index (χ2v) is 5.72. The van der Waals surface area contributed by atoms with Crippen LogP contribution in [0.25, 0.3) is 0 Å². The lowest BCUT2D eigenvalue weighted by atomic mass is 9.76. The van der Waals surface area contributed by atoms with E-state index in [4.69, 9.17) is 4.74 Å². The fourth-order valence-corrected chi connectivity index (χ4v) is 3.17. The van der Waals surface area contributed by atoms with Crippen molar-refractivity contribution >= 4 is 5.97 Å². The monoisotopic (exact) mass is 305 g/mol. The molecule has 1 aliphatic heterocycles. The summed E-state index contributed by atoms with van der Waals surface area (Å²) in [6.45, 7) is 0.401. The van der Waals surface area contributed by atoms with E-state index in [-0.39, 0.29) is 5.97 Å². The van der Waals surface area contributed by atoms with Crippen molar-refractivity contribution in [2.24, 2.45) is 0 Å². The first-order chi connectivity index (χ1) is 11.3. The Morgan fingerprint density at radius 3 is 2.61 bits per heavy atom. The van der Waals surface area contributed by atoms with E-state index in [2.05, 4.69) is 10.1 Å². The Morgan fingerprint density at radius 2 is 1.83 bits per heavy atom. The normalized spacial score (nSPS) is 19.4. The molecule has 0 bridgehead atoms. The van der Waals surface area contributed by atoms with E-state index >= 15 is 0 Å². The molecule has 114 valence electrons. The number of hydrogen-bond donors (Lipinski definition) is 0. The number of nitrogens with zero attached hydrogens (tertiary/aromatic N) is 3. The van der Waals surface area contributed by atoms with Gasteiger partial charge in [-0.15, -0.1) is 0 Å². The summed E-state index contributed by atoms with van der Waals surface area (Å²) in [7, 11) is 0. The molecule has 5 nitrogen and oxygen atoms in total. The molecule has 0 amide bonds. The Bertz CT molecular complexity index is 830. The van der Waals surface area contributed by atoms with Crippen molar-refractivity contribution in [1.82, 2.24) is 14.8 Å². The summed E-state index contributed by atoms with van der Waals surface area (Å²) in [4.78, 5) is 16.8. The minimum atomic E-state index is -0.786. The molecule has 5 heteroatoms. The molecule has 23 heavy (non-hydrogen) atoms. The number of aromatic nitrogens is 3. The topological polar surface area (TPSA) is 57.0 Å². The highest BCUT2D eigenvalue weighted by Gasteiger charge is 2.49. The number of para-hydroxylation sites is 1. The van der Waals surface area contributed by atoms with E-state index in [1.165, 1.54) is 6.33 Å². The molecule has 2 heterocycles. The van der Waals surface area contributed by atoms with Gasteiger partial charge in [0, 0.05) is 5.56 Å². The summed E-state index contributed by atoms with van der Waals surface area (Å²) in [6.07, 6.45) is 3.66. The Hall–Kier alpha value is -2.95. The third-order valence-corrected chi connectivity index (χ3v) is 4.24. The number of benzene rings is 2. The summed E-state index contributed by atoms with van der Waals surface area (Å²) in [5.74, 6) is 0.395. The number of hydrogen-bond acceptors (Lipinski definition) is 4. The summed E-state index contributed by atoms with van der Waals surface area (Å²) in [5, 5.41) is 4.17. The van der Waals surface area contributed by atoms with Crippen LogP contribution in [0, 0.1) is 0 Å². The SMILES string of the molecule is O=C1Oc2ccccc2C1(Cc1ccccc1)Cn1cncn1. The minimum Gasteiger partial charge on any atom is -0.425 e. The average Bonchev–Trinajstić information content (AvgIpc) is 3.17. The van der Waals surface area contributed by atoms with Gasteiger partial charge in [-0.2, -0.15) is 5.10 Å². The summed E-state index contributed by atoms with van der Waals surface area (Å²) < 4.78 is 7.23. The molecule has 2 aromatic carbocycles. The lowest BCUT2D eigenvalue weighted by Gasteiger charge is -2.26. The maximum atomic E-state index is 12.8. The largest absolute Gasteiger partial charge is 0.425 e. The molecule has 0 N–H and O–H groups in total. The molecule has 0 spiro atoms. The Labute approximate surface area is 133 Å². The first-order valence-corrected chi connectivity index (χ1v) is 7.46. The number of esters is 1. The molecule has 0 radical (unpaired) electrons. The second-order valence-electron chi connectivity index (χ2n) is 5.72. The quantitative estimate of drug-likeness (QED) is 0.548. The van der Waals surface area contributed by atoms with E-state index in [9.17, 15) is 4.79 Å². The van der Waals surface area contributed by atoms with Crippen LogP contribution in [-0.2, 0) is 23.2 Å². The highest BCUT2D eigenvalue weighted by molar-refractivity contribution is 5.90. The molecule has 0 saturated heterocycles. The van der Waals surface area contributed by atoms with Crippen molar-refractivity contribution in [2.75, 3.05) is 0 Å². The molecular weight excluding hydrogens is 290 g/mol. The van der Waals surface area contributed by atoms with Crippen LogP contribution < -0.4 is 4.74 Å². The Balaban J connectivity index is 1.82. The van der Waals surface area contributed by atoms with Crippen molar-refractivity contribution in [1.29, 1.82) is 0 Å². The summed E-state index contributed by atoms with van der Waals surface area (Å²) >= 11 is 0. The van der Waals surface area contributed by atoms with Gasteiger partial charge in [0.1, 0.15) is 23.8 Å². The van der Waals surface area contributed by atoms with Gasteiger partial charge < -0.3 is 4.74 Å². The van der Waals surface area contributed by atoms with Crippen molar-refractivity contribution in [3.63, 3.8) is 0 Å². The standard InChI is InChI=1S/C18H15N3O2/c22-17-18(11-21-13-19-12-20-21,10-14-6-2-1-3-7-14)15-8-4-5-9-16(15)23-17/h1-9,12-13H,10-11H2. The summed E-state index contributed by atoms with van der Waals surface area (Å²) in [5.41, 5.74) is 1.21. The molecule has 0 aliphatic carbocycles. The predicted molar refractivity (Wildman–Crippen MR) is 83.9 cm³/mol. The van der Waals surface area contributed by atoms with Crippen LogP contribution in [0.5, 0.6) is 5.75 Å². The highest BCUT2D eigenvalue weighted by atomic mass is 16.5. The molecule has 0 saturated carbocycles. The molecule has 1 unspecified atom stereocenters. The van der Waals surface area contributed by atoms with Crippen LogP contribution in [0.15, 0.2) is 67.3 Å². The van der Waals surface area contributed by atoms with E-state index < -0.39 is 5.41 Å². The first kappa shape index (κ1) is 13.7. The number of carbonyl (C=O) groups is 1. The third-order valence-electron chi connectivity index (χ3n) is 4.24. The fraction of sp³-hybridized carbons (Fsp3) is 0.167. The van der Waals surface area contributed by atoms with Crippen LogP contribution in [0.3, 0.4) is 0 Å². The maximum Gasteiger partial charge on any atom is 0.324 e. The van der Waals surface area contributed by atoms with Crippen molar-refractivity contribution in [2.45, 2.75) is 18.4 Å². The van der Waals surface area contributed by atoms with Gasteiger partial charge in [0.05, 0.1) is 6.54 Å². The maximum absolute atomic E-state index is 12.8. The van der Waals surface area contributed by atoms with Gasteiger partial charge >= 0.3 is 5.97 Å². The molecule has 4 rings (SSSR count). The minimum absolute atomic E-state index is 0.238. The lowest BCUT2D eigenvalue weighted by Crippen LogP contribution is -2.40. The number of ether oxygens (including phenoxy) is 1. The van der Waals surface area contributed by atoms with Crippen LogP contribution in [0.1, 0.15) is 11.1 Å². The highest BCUT2D eigenvalue weighted by Crippen LogP contribution is 2.43. The zero-order valence-corrected chi connectivity index (χ0v) is 12.4. The number of rotatable bonds is 4. The smallest absolute Gasteiger partial charge is 0.324 e. The van der Waals surface area contributed by atoms with Crippen molar-refractivity contribution < 1.29 is 9.53 Å². The first-order valence-electron chi connectivity index (χ1n) is 7.46. The van der Waals surface area contributed by atoms with E-state index in [1.54, 1.807) is 11.0 Å². The fourth-order valence-electron chi connectivity index (χ4n) is 3.17. The van der Waals surface area contributed by atoms with Gasteiger partial charge in [-0.05, 0) is 18.1 Å². The Morgan fingerprint density at radius 1 is 1.04 bits per heavy atom. The molecule has 1 aromatic heterocycles. The average molecular weight is 305 g/mol. The van der Waals surface area contributed by atoms with Crippen LogP contribution in [0.4, 0.5) is 0 Å². The van der Waals surface area contributed by atoms with Gasteiger partial charge in [-0.1, -0.05) is 48.5 Å². The predicted octanol–water partition coefficient (Wildman–Crippen LogP) is 2.38.